The summed E-state index contributed by atoms with van der Waals surface area (Å²) in [5, 5.41) is 19.1. The van der Waals surface area contributed by atoms with Gasteiger partial charge in [0, 0.05) is 11.6 Å². The van der Waals surface area contributed by atoms with E-state index in [2.05, 4.69) is 15.2 Å². The van der Waals surface area contributed by atoms with Crippen molar-refractivity contribution in [1.29, 1.82) is 0 Å². The number of halogens is 1. The topological polar surface area (TPSA) is 102 Å². The highest BCUT2D eigenvalue weighted by Crippen LogP contribution is 2.14. The Labute approximate surface area is 151 Å². The van der Waals surface area contributed by atoms with E-state index >= 15 is 0 Å². The molecule has 0 atom stereocenters. The number of rotatable bonds is 4. The van der Waals surface area contributed by atoms with Gasteiger partial charge in [0.2, 0.25) is 0 Å². The van der Waals surface area contributed by atoms with Gasteiger partial charge >= 0.3 is 5.97 Å². The van der Waals surface area contributed by atoms with Gasteiger partial charge in [-0.25, -0.2) is 14.2 Å². The first-order chi connectivity index (χ1) is 12.5. The second-order valence-corrected chi connectivity index (χ2v) is 6.14. The molecule has 1 N–H and O–H groups in total. The lowest BCUT2D eigenvalue weighted by Gasteiger charge is -2.08. The number of carboxylic acid groups (broad SMARTS) is 1. The van der Waals surface area contributed by atoms with Crippen molar-refractivity contribution in [2.24, 2.45) is 0 Å². The smallest absolute Gasteiger partial charge is 0.309 e. The first-order valence-corrected chi connectivity index (χ1v) is 8.10. The standard InChI is InChI=1S/C17H12ClN5O3/c18-10-5-6-15-19-14(21-22(15)8-10)9-23-17(26)12-4-2-1-3-11(12)13(20-23)7-16(24)25/h1-6,8H,7,9H2,(H,24,25). The normalized spacial score (nSPS) is 11.3. The first-order valence-electron chi connectivity index (χ1n) is 7.72. The van der Waals surface area contributed by atoms with E-state index in [9.17, 15) is 9.59 Å². The average Bonchev–Trinajstić information content (AvgIpc) is 3.00. The Morgan fingerprint density at radius 2 is 1.88 bits per heavy atom. The van der Waals surface area contributed by atoms with E-state index in [0.717, 1.165) is 0 Å². The molecule has 130 valence electrons. The van der Waals surface area contributed by atoms with Crippen LogP contribution in [0.5, 0.6) is 0 Å². The molecule has 0 spiro atoms. The number of aliphatic carboxylic acids is 1. The molecule has 0 unspecified atom stereocenters. The van der Waals surface area contributed by atoms with E-state index in [0.29, 0.717) is 33.0 Å². The predicted octanol–water partition coefficient (Wildman–Crippen LogP) is 1.77. The van der Waals surface area contributed by atoms with E-state index in [-0.39, 0.29) is 18.5 Å². The van der Waals surface area contributed by atoms with Crippen molar-refractivity contribution >= 4 is 34.0 Å². The third kappa shape index (κ3) is 2.91. The Morgan fingerprint density at radius 3 is 2.65 bits per heavy atom. The summed E-state index contributed by atoms with van der Waals surface area (Å²) in [6, 6.07) is 10.2. The van der Waals surface area contributed by atoms with Crippen LogP contribution in [0, 0.1) is 0 Å². The fourth-order valence-electron chi connectivity index (χ4n) is 2.79. The summed E-state index contributed by atoms with van der Waals surface area (Å²) in [5.41, 5.74) is 0.579. The Hall–Kier alpha value is -3.26. The van der Waals surface area contributed by atoms with Crippen LogP contribution in [-0.4, -0.2) is 35.5 Å². The largest absolute Gasteiger partial charge is 0.481 e. The summed E-state index contributed by atoms with van der Waals surface area (Å²) in [5.74, 6) is -0.647. The van der Waals surface area contributed by atoms with Crippen LogP contribution in [0.2, 0.25) is 5.02 Å². The molecule has 0 aliphatic rings. The minimum absolute atomic E-state index is 0.0234. The third-order valence-corrected chi connectivity index (χ3v) is 4.12. The fourth-order valence-corrected chi connectivity index (χ4v) is 2.95. The third-order valence-electron chi connectivity index (χ3n) is 3.89. The molecule has 8 nitrogen and oxygen atoms in total. The number of nitrogens with zero attached hydrogens (tertiary/aromatic N) is 5. The van der Waals surface area contributed by atoms with E-state index in [1.807, 2.05) is 0 Å². The maximum Gasteiger partial charge on any atom is 0.309 e. The van der Waals surface area contributed by atoms with Gasteiger partial charge in [0.25, 0.3) is 5.56 Å². The molecule has 0 amide bonds. The highest BCUT2D eigenvalue weighted by atomic mass is 35.5. The van der Waals surface area contributed by atoms with Gasteiger partial charge in [-0.15, -0.1) is 5.10 Å². The summed E-state index contributed by atoms with van der Waals surface area (Å²) in [4.78, 5) is 28.2. The number of hydrogen-bond donors (Lipinski definition) is 1. The molecule has 9 heteroatoms. The lowest BCUT2D eigenvalue weighted by Crippen LogP contribution is -2.26. The van der Waals surface area contributed by atoms with Crippen molar-refractivity contribution in [3.63, 3.8) is 0 Å². The molecule has 0 aliphatic heterocycles. The van der Waals surface area contributed by atoms with Crippen LogP contribution in [0.25, 0.3) is 16.4 Å². The SMILES string of the molecule is O=C(O)Cc1nn(Cc2nc3ccc(Cl)cn3n2)c(=O)c2ccccc12. The molecule has 1 aromatic carbocycles. The monoisotopic (exact) mass is 369 g/mol. The van der Waals surface area contributed by atoms with Crippen LogP contribution in [0.1, 0.15) is 11.5 Å². The number of carboxylic acids is 1. The van der Waals surface area contributed by atoms with Crippen molar-refractivity contribution in [2.45, 2.75) is 13.0 Å². The number of aromatic nitrogens is 5. The molecule has 0 fully saturated rings. The number of benzene rings is 1. The van der Waals surface area contributed by atoms with E-state index in [4.69, 9.17) is 16.7 Å². The lowest BCUT2D eigenvalue weighted by molar-refractivity contribution is -0.136. The zero-order chi connectivity index (χ0) is 18.3. The van der Waals surface area contributed by atoms with Gasteiger partial charge in [0.15, 0.2) is 11.5 Å². The van der Waals surface area contributed by atoms with E-state index in [1.54, 1.807) is 42.6 Å². The summed E-state index contributed by atoms with van der Waals surface area (Å²) < 4.78 is 2.71. The summed E-state index contributed by atoms with van der Waals surface area (Å²) >= 11 is 5.94. The molecule has 4 rings (SSSR count). The van der Waals surface area contributed by atoms with Gasteiger partial charge in [-0.2, -0.15) is 5.10 Å². The van der Waals surface area contributed by atoms with Gasteiger partial charge in [0.05, 0.1) is 22.5 Å². The Bertz CT molecular complexity index is 1210. The van der Waals surface area contributed by atoms with Crippen LogP contribution in [0.3, 0.4) is 0 Å². The van der Waals surface area contributed by atoms with Gasteiger partial charge < -0.3 is 5.11 Å². The lowest BCUT2D eigenvalue weighted by atomic mass is 10.1. The summed E-state index contributed by atoms with van der Waals surface area (Å²) in [7, 11) is 0. The Morgan fingerprint density at radius 1 is 1.12 bits per heavy atom. The number of carbonyl (C=O) groups is 1. The summed E-state index contributed by atoms with van der Waals surface area (Å²) in [6.07, 6.45) is 1.33. The second kappa shape index (κ2) is 6.23. The number of pyridine rings is 1. The zero-order valence-corrected chi connectivity index (χ0v) is 14.1. The van der Waals surface area contributed by atoms with Gasteiger partial charge in [-0.3, -0.25) is 9.59 Å². The molecule has 0 saturated heterocycles. The van der Waals surface area contributed by atoms with Crippen molar-refractivity contribution in [1.82, 2.24) is 24.4 Å². The molecular weight excluding hydrogens is 358 g/mol. The number of fused-ring (bicyclic) bond motifs is 2. The minimum atomic E-state index is -1.02. The van der Waals surface area contributed by atoms with Gasteiger partial charge in [0.1, 0.15) is 6.54 Å². The highest BCUT2D eigenvalue weighted by molar-refractivity contribution is 6.30. The molecule has 3 heterocycles. The molecule has 0 bridgehead atoms. The van der Waals surface area contributed by atoms with Crippen molar-refractivity contribution in [2.75, 3.05) is 0 Å². The van der Waals surface area contributed by atoms with E-state index < -0.39 is 5.97 Å². The molecule has 0 aliphatic carbocycles. The van der Waals surface area contributed by atoms with Crippen LogP contribution in [0.4, 0.5) is 0 Å². The minimum Gasteiger partial charge on any atom is -0.481 e. The van der Waals surface area contributed by atoms with Crippen LogP contribution in [-0.2, 0) is 17.8 Å². The highest BCUT2D eigenvalue weighted by Gasteiger charge is 2.14. The van der Waals surface area contributed by atoms with Gasteiger partial charge in [-0.1, -0.05) is 29.8 Å². The zero-order valence-electron chi connectivity index (χ0n) is 13.3. The molecule has 0 saturated carbocycles. The fraction of sp³-hybridized carbons (Fsp3) is 0.118. The first kappa shape index (κ1) is 16.2. The number of hydrogen-bond acceptors (Lipinski definition) is 5. The molecular formula is C17H12ClN5O3. The Kier molecular flexibility index (Phi) is 3.89. The van der Waals surface area contributed by atoms with Crippen molar-refractivity contribution in [3.05, 3.63) is 69.5 Å². The summed E-state index contributed by atoms with van der Waals surface area (Å²) in [6.45, 7) is 0.0234. The second-order valence-electron chi connectivity index (χ2n) is 5.70. The Balaban J connectivity index is 1.83. The van der Waals surface area contributed by atoms with Crippen LogP contribution >= 0.6 is 11.6 Å². The van der Waals surface area contributed by atoms with Gasteiger partial charge in [-0.05, 0) is 18.2 Å². The van der Waals surface area contributed by atoms with Crippen LogP contribution < -0.4 is 5.56 Å². The van der Waals surface area contributed by atoms with Crippen molar-refractivity contribution in [3.8, 4) is 0 Å². The maximum absolute atomic E-state index is 12.7. The van der Waals surface area contributed by atoms with E-state index in [1.165, 1.54) is 9.20 Å². The average molecular weight is 370 g/mol. The quantitative estimate of drug-likeness (QED) is 0.588. The van der Waals surface area contributed by atoms with Crippen molar-refractivity contribution < 1.29 is 9.90 Å². The molecule has 26 heavy (non-hydrogen) atoms. The maximum atomic E-state index is 12.7. The molecule has 3 aromatic heterocycles. The predicted molar refractivity (Wildman–Crippen MR) is 94.4 cm³/mol. The van der Waals surface area contributed by atoms with Crippen LogP contribution in [0.15, 0.2) is 47.4 Å². The molecule has 4 aromatic rings. The molecule has 0 radical (unpaired) electrons.